The number of methoxy groups -OCH3 is 1. The van der Waals surface area contributed by atoms with Crippen molar-refractivity contribution in [3.05, 3.63) is 29.3 Å². The predicted octanol–water partition coefficient (Wildman–Crippen LogP) is 1.32. The second-order valence-corrected chi connectivity index (χ2v) is 6.87. The maximum Gasteiger partial charge on any atom is 0.338 e. The number of rotatable bonds is 5. The molecule has 0 saturated carbocycles. The number of benzene rings is 1. The molecule has 1 fully saturated rings. The lowest BCUT2D eigenvalue weighted by Gasteiger charge is -2.25. The number of hydrogen-bond donors (Lipinski definition) is 0. The van der Waals surface area contributed by atoms with E-state index in [1.54, 1.807) is 0 Å². The summed E-state index contributed by atoms with van der Waals surface area (Å²) in [6.07, 6.45) is -0.287. The standard InChI is InChI=1S/C12H13ClO6S/c1-17-5-8-2-9(4-11(3-8)20(13,15)16)12(14)19-10-6-18-7-10/h2-4,10H,5-7H2,1H3. The van der Waals surface area contributed by atoms with E-state index in [1.807, 2.05) is 0 Å². The van der Waals surface area contributed by atoms with Crippen molar-refractivity contribution in [2.75, 3.05) is 20.3 Å². The molecule has 0 bridgehead atoms. The molecule has 0 N–H and O–H groups in total. The van der Waals surface area contributed by atoms with Crippen molar-refractivity contribution in [2.24, 2.45) is 0 Å². The Morgan fingerprint density at radius 2 is 2.10 bits per heavy atom. The van der Waals surface area contributed by atoms with Crippen LogP contribution in [-0.2, 0) is 29.9 Å². The van der Waals surface area contributed by atoms with E-state index >= 15 is 0 Å². The normalized spacial score (nSPS) is 15.7. The minimum absolute atomic E-state index is 0.116. The molecule has 6 nitrogen and oxygen atoms in total. The first-order valence-electron chi connectivity index (χ1n) is 5.76. The van der Waals surface area contributed by atoms with Gasteiger partial charge in [-0.05, 0) is 23.8 Å². The monoisotopic (exact) mass is 320 g/mol. The summed E-state index contributed by atoms with van der Waals surface area (Å²) in [6, 6.07) is 4.05. The minimum atomic E-state index is -3.94. The van der Waals surface area contributed by atoms with Crippen LogP contribution in [0.1, 0.15) is 15.9 Å². The van der Waals surface area contributed by atoms with Gasteiger partial charge in [0.05, 0.1) is 30.3 Å². The Morgan fingerprint density at radius 1 is 1.40 bits per heavy atom. The number of carbonyl (C=O) groups is 1. The molecule has 0 aromatic heterocycles. The van der Waals surface area contributed by atoms with Crippen molar-refractivity contribution < 1.29 is 27.4 Å². The van der Waals surface area contributed by atoms with Crippen LogP contribution in [0.4, 0.5) is 0 Å². The molecule has 0 atom stereocenters. The topological polar surface area (TPSA) is 78.9 Å². The Bertz CT molecular complexity index is 608. The fourth-order valence-corrected chi connectivity index (χ4v) is 2.50. The summed E-state index contributed by atoms with van der Waals surface area (Å²) in [5.74, 6) is -0.613. The second-order valence-electron chi connectivity index (χ2n) is 4.30. The van der Waals surface area contributed by atoms with E-state index in [4.69, 9.17) is 24.9 Å². The Kier molecular flexibility index (Phi) is 4.64. The molecular weight excluding hydrogens is 308 g/mol. The molecule has 0 amide bonds. The van der Waals surface area contributed by atoms with Gasteiger partial charge in [0.25, 0.3) is 9.05 Å². The molecule has 1 saturated heterocycles. The Morgan fingerprint density at radius 3 is 2.60 bits per heavy atom. The van der Waals surface area contributed by atoms with Crippen LogP contribution in [0.5, 0.6) is 0 Å². The molecule has 1 aromatic rings. The number of carbonyl (C=O) groups excluding carboxylic acids is 1. The SMILES string of the molecule is COCc1cc(C(=O)OC2COC2)cc(S(=O)(=O)Cl)c1. The second kappa shape index (κ2) is 6.09. The van der Waals surface area contributed by atoms with E-state index < -0.39 is 15.0 Å². The number of hydrogen-bond acceptors (Lipinski definition) is 6. The van der Waals surface area contributed by atoms with E-state index in [2.05, 4.69) is 0 Å². The molecule has 20 heavy (non-hydrogen) atoms. The summed E-state index contributed by atoms with van der Waals surface area (Å²) >= 11 is 0. The lowest BCUT2D eigenvalue weighted by molar-refractivity contribution is -0.103. The molecule has 0 spiro atoms. The van der Waals surface area contributed by atoms with Crippen LogP contribution in [0.25, 0.3) is 0 Å². The van der Waals surface area contributed by atoms with E-state index in [-0.39, 0.29) is 23.2 Å². The highest BCUT2D eigenvalue weighted by Gasteiger charge is 2.24. The molecule has 110 valence electrons. The van der Waals surface area contributed by atoms with Crippen LogP contribution in [0.3, 0.4) is 0 Å². The highest BCUT2D eigenvalue weighted by molar-refractivity contribution is 8.13. The fraction of sp³-hybridized carbons (Fsp3) is 0.417. The molecule has 1 aliphatic heterocycles. The predicted molar refractivity (Wildman–Crippen MR) is 70.2 cm³/mol. The molecular formula is C12H13ClO6S. The third kappa shape index (κ3) is 3.69. The number of esters is 1. The van der Waals surface area contributed by atoms with Crippen LogP contribution in [-0.4, -0.2) is 40.8 Å². The van der Waals surface area contributed by atoms with Crippen molar-refractivity contribution in [3.63, 3.8) is 0 Å². The Hall–Kier alpha value is -1.15. The first-order valence-corrected chi connectivity index (χ1v) is 8.07. The highest BCUT2D eigenvalue weighted by Crippen LogP contribution is 2.21. The van der Waals surface area contributed by atoms with Gasteiger partial charge in [0, 0.05) is 17.8 Å². The largest absolute Gasteiger partial charge is 0.454 e. The Labute approximate surface area is 121 Å². The van der Waals surface area contributed by atoms with Gasteiger partial charge < -0.3 is 14.2 Å². The van der Waals surface area contributed by atoms with Crippen LogP contribution >= 0.6 is 10.7 Å². The van der Waals surface area contributed by atoms with Crippen LogP contribution in [0, 0.1) is 0 Å². The summed E-state index contributed by atoms with van der Waals surface area (Å²) in [4.78, 5) is 11.8. The zero-order valence-electron chi connectivity index (χ0n) is 10.7. The van der Waals surface area contributed by atoms with E-state index in [1.165, 1.54) is 25.3 Å². The van der Waals surface area contributed by atoms with Gasteiger partial charge in [0.2, 0.25) is 0 Å². The van der Waals surface area contributed by atoms with Gasteiger partial charge in [0.15, 0.2) is 0 Å². The number of ether oxygens (including phenoxy) is 3. The minimum Gasteiger partial charge on any atom is -0.454 e. The highest BCUT2D eigenvalue weighted by atomic mass is 35.7. The molecule has 1 aliphatic rings. The van der Waals surface area contributed by atoms with Gasteiger partial charge in [0.1, 0.15) is 6.10 Å². The van der Waals surface area contributed by atoms with Gasteiger partial charge >= 0.3 is 5.97 Å². The molecule has 0 unspecified atom stereocenters. The van der Waals surface area contributed by atoms with E-state index in [0.717, 1.165) is 0 Å². The van der Waals surface area contributed by atoms with E-state index in [9.17, 15) is 13.2 Å². The van der Waals surface area contributed by atoms with Crippen molar-refractivity contribution in [3.8, 4) is 0 Å². The molecule has 0 radical (unpaired) electrons. The van der Waals surface area contributed by atoms with Gasteiger partial charge in [-0.25, -0.2) is 13.2 Å². The summed E-state index contributed by atoms with van der Waals surface area (Å²) < 4.78 is 37.8. The van der Waals surface area contributed by atoms with Crippen LogP contribution in [0.15, 0.2) is 23.1 Å². The van der Waals surface area contributed by atoms with Crippen molar-refractivity contribution >= 4 is 25.7 Å². The quantitative estimate of drug-likeness (QED) is 0.601. The summed E-state index contributed by atoms with van der Waals surface area (Å²) in [6.45, 7) is 0.862. The summed E-state index contributed by atoms with van der Waals surface area (Å²) in [5.41, 5.74) is 0.636. The molecule has 1 aromatic carbocycles. The molecule has 2 rings (SSSR count). The Balaban J connectivity index is 2.30. The first kappa shape index (κ1) is 15.2. The lowest BCUT2D eigenvalue weighted by Crippen LogP contribution is -2.37. The zero-order valence-corrected chi connectivity index (χ0v) is 12.2. The maximum atomic E-state index is 11.9. The first-order chi connectivity index (χ1) is 9.40. The van der Waals surface area contributed by atoms with Gasteiger partial charge in [-0.15, -0.1) is 0 Å². The van der Waals surface area contributed by atoms with Crippen molar-refractivity contribution in [2.45, 2.75) is 17.6 Å². The summed E-state index contributed by atoms with van der Waals surface area (Å²) in [5, 5.41) is 0. The smallest absolute Gasteiger partial charge is 0.338 e. The zero-order chi connectivity index (χ0) is 14.8. The number of halogens is 1. The van der Waals surface area contributed by atoms with Gasteiger partial charge in [-0.1, -0.05) is 0 Å². The van der Waals surface area contributed by atoms with Crippen molar-refractivity contribution in [1.82, 2.24) is 0 Å². The van der Waals surface area contributed by atoms with Gasteiger partial charge in [-0.3, -0.25) is 0 Å². The van der Waals surface area contributed by atoms with Crippen molar-refractivity contribution in [1.29, 1.82) is 0 Å². The summed E-state index contributed by atoms with van der Waals surface area (Å²) in [7, 11) is 2.84. The van der Waals surface area contributed by atoms with E-state index in [0.29, 0.717) is 18.8 Å². The van der Waals surface area contributed by atoms with Gasteiger partial charge in [-0.2, -0.15) is 0 Å². The third-order valence-electron chi connectivity index (χ3n) is 2.68. The average Bonchev–Trinajstić information content (AvgIpc) is 2.32. The molecule has 0 aliphatic carbocycles. The molecule has 8 heteroatoms. The molecule has 1 heterocycles. The van der Waals surface area contributed by atoms with Crippen LogP contribution < -0.4 is 0 Å². The van der Waals surface area contributed by atoms with Crippen LogP contribution in [0.2, 0.25) is 0 Å². The fourth-order valence-electron chi connectivity index (χ4n) is 1.67. The third-order valence-corrected chi connectivity index (χ3v) is 4.01. The maximum absolute atomic E-state index is 11.9. The lowest BCUT2D eigenvalue weighted by atomic mass is 10.1. The average molecular weight is 321 g/mol.